The molecule has 9 nitrogen and oxygen atoms in total. The van der Waals surface area contributed by atoms with E-state index in [-0.39, 0.29) is 47.8 Å². The summed E-state index contributed by atoms with van der Waals surface area (Å²) < 4.78 is 4.59. The molecule has 1 atom stereocenters. The monoisotopic (exact) mass is 483 g/mol. The van der Waals surface area contributed by atoms with E-state index in [1.54, 1.807) is 17.6 Å². The Hall–Kier alpha value is -4.16. The van der Waals surface area contributed by atoms with Crippen LogP contribution in [0.4, 0.5) is 5.95 Å². The number of benzene rings is 1. The Morgan fingerprint density at radius 2 is 1.97 bits per heavy atom. The van der Waals surface area contributed by atoms with Crippen molar-refractivity contribution in [1.82, 2.24) is 23.9 Å². The summed E-state index contributed by atoms with van der Waals surface area (Å²) >= 11 is 0. The summed E-state index contributed by atoms with van der Waals surface area (Å²) in [6, 6.07) is 11.6. The number of piperidine rings is 1. The molecule has 1 aliphatic rings. The average molecular weight is 484 g/mol. The van der Waals surface area contributed by atoms with Gasteiger partial charge < -0.3 is 10.6 Å². The molecule has 0 amide bonds. The van der Waals surface area contributed by atoms with E-state index in [0.29, 0.717) is 18.2 Å². The van der Waals surface area contributed by atoms with Gasteiger partial charge in [0.2, 0.25) is 5.95 Å². The summed E-state index contributed by atoms with van der Waals surface area (Å²) in [5.41, 5.74) is 7.44. The smallest absolute Gasteiger partial charge is 0.293 e. The van der Waals surface area contributed by atoms with Gasteiger partial charge in [-0.1, -0.05) is 36.3 Å². The first-order valence-electron chi connectivity index (χ1n) is 12.1. The van der Waals surface area contributed by atoms with Gasteiger partial charge in [0.05, 0.1) is 30.8 Å². The van der Waals surface area contributed by atoms with Crippen molar-refractivity contribution in [3.63, 3.8) is 0 Å². The number of pyridine rings is 1. The van der Waals surface area contributed by atoms with Gasteiger partial charge in [0.15, 0.2) is 5.52 Å². The fourth-order valence-corrected chi connectivity index (χ4v) is 4.82. The van der Waals surface area contributed by atoms with Gasteiger partial charge >= 0.3 is 0 Å². The second-order valence-corrected chi connectivity index (χ2v) is 9.00. The lowest BCUT2D eigenvalue weighted by Crippen LogP contribution is -2.44. The maximum absolute atomic E-state index is 14.0. The first-order chi connectivity index (χ1) is 17.5. The molecular weight excluding hydrogens is 454 g/mol. The lowest BCUT2D eigenvalue weighted by Gasteiger charge is -2.31. The minimum Gasteiger partial charge on any atom is -0.341 e. The molecule has 0 aliphatic carbocycles. The van der Waals surface area contributed by atoms with Crippen LogP contribution in [0.2, 0.25) is 0 Å². The number of imidazole rings is 1. The largest absolute Gasteiger partial charge is 0.341 e. The summed E-state index contributed by atoms with van der Waals surface area (Å²) in [5.74, 6) is 6.49. The highest BCUT2D eigenvalue weighted by molar-refractivity contribution is 5.79. The third kappa shape index (κ3) is 4.20. The zero-order chi connectivity index (χ0) is 25.2. The Balaban J connectivity index is 1.72. The van der Waals surface area contributed by atoms with Crippen molar-refractivity contribution in [3.8, 4) is 11.8 Å². The number of para-hydroxylation sites is 1. The minimum absolute atomic E-state index is 0.0114. The SMILES string of the molecule is C=CCn1c(=O)c2nc(N3CCCC(N)C3)n(CC#CC)c2c(=O)n1Cc1ccc2ccccc2n1. The van der Waals surface area contributed by atoms with E-state index in [1.807, 2.05) is 36.4 Å². The van der Waals surface area contributed by atoms with Gasteiger partial charge in [-0.3, -0.25) is 19.1 Å². The lowest BCUT2D eigenvalue weighted by atomic mass is 10.1. The summed E-state index contributed by atoms with van der Waals surface area (Å²) in [6.07, 6.45) is 3.45. The van der Waals surface area contributed by atoms with Crippen LogP contribution < -0.4 is 21.8 Å². The normalized spacial score (nSPS) is 15.7. The van der Waals surface area contributed by atoms with Gasteiger partial charge in [0.25, 0.3) is 11.1 Å². The summed E-state index contributed by atoms with van der Waals surface area (Å²) in [6.45, 7) is 7.46. The number of aromatic nitrogens is 5. The molecule has 0 bridgehead atoms. The van der Waals surface area contributed by atoms with Gasteiger partial charge in [0.1, 0.15) is 5.52 Å². The molecule has 1 aromatic carbocycles. The number of nitrogens with two attached hydrogens (primary N) is 1. The Morgan fingerprint density at radius 3 is 2.75 bits per heavy atom. The van der Waals surface area contributed by atoms with E-state index < -0.39 is 0 Å². The molecule has 1 fully saturated rings. The zero-order valence-electron chi connectivity index (χ0n) is 20.4. The molecule has 9 heteroatoms. The van der Waals surface area contributed by atoms with Crippen molar-refractivity contribution < 1.29 is 0 Å². The van der Waals surface area contributed by atoms with E-state index >= 15 is 0 Å². The predicted molar refractivity (Wildman–Crippen MR) is 142 cm³/mol. The average Bonchev–Trinajstić information content (AvgIpc) is 3.28. The first kappa shape index (κ1) is 23.6. The Morgan fingerprint density at radius 1 is 1.14 bits per heavy atom. The number of allylic oxidation sites excluding steroid dienone is 1. The summed E-state index contributed by atoms with van der Waals surface area (Å²) in [5, 5.41) is 1.01. The van der Waals surface area contributed by atoms with Crippen LogP contribution in [0.1, 0.15) is 25.5 Å². The highest BCUT2D eigenvalue weighted by Gasteiger charge is 2.26. The molecule has 5 rings (SSSR count). The maximum Gasteiger partial charge on any atom is 0.293 e. The summed E-state index contributed by atoms with van der Waals surface area (Å²) in [4.78, 5) is 39.1. The molecule has 4 heterocycles. The van der Waals surface area contributed by atoms with E-state index in [9.17, 15) is 9.59 Å². The number of hydrogen-bond donors (Lipinski definition) is 1. The number of fused-ring (bicyclic) bond motifs is 2. The second-order valence-electron chi connectivity index (χ2n) is 9.00. The van der Waals surface area contributed by atoms with Crippen LogP contribution in [0.5, 0.6) is 0 Å². The predicted octanol–water partition coefficient (Wildman–Crippen LogP) is 2.09. The van der Waals surface area contributed by atoms with Crippen molar-refractivity contribution in [2.45, 2.75) is 45.4 Å². The van der Waals surface area contributed by atoms with Gasteiger partial charge in [-0.05, 0) is 31.9 Å². The molecule has 2 N–H and O–H groups in total. The number of nitrogens with zero attached hydrogens (tertiary/aromatic N) is 6. The Bertz CT molecular complexity index is 1630. The first-order valence-corrected chi connectivity index (χ1v) is 12.1. The van der Waals surface area contributed by atoms with E-state index in [2.05, 4.69) is 28.3 Å². The van der Waals surface area contributed by atoms with Gasteiger partial charge in [-0.25, -0.2) is 14.3 Å². The van der Waals surface area contributed by atoms with Crippen LogP contribution >= 0.6 is 0 Å². The quantitative estimate of drug-likeness (QED) is 0.333. The van der Waals surface area contributed by atoms with Crippen LogP contribution in [0.3, 0.4) is 0 Å². The molecule has 0 radical (unpaired) electrons. The number of rotatable bonds is 6. The molecule has 1 aliphatic heterocycles. The fraction of sp³-hybridized carbons (Fsp3) is 0.333. The standard InChI is InChI=1S/C27H29N7O2/c1-3-5-16-32-24-23(30-27(32)31-15-8-10-20(28)17-31)25(35)33(14-4-2)34(26(24)36)18-21-13-12-19-9-6-7-11-22(19)29-21/h4,6-7,9,11-13,20H,2,8,10,14-18,28H2,1H3. The molecule has 184 valence electrons. The van der Waals surface area contributed by atoms with Crippen molar-refractivity contribution in [2.24, 2.45) is 5.73 Å². The van der Waals surface area contributed by atoms with Crippen LogP contribution in [0.15, 0.2) is 58.6 Å². The molecule has 0 saturated carbocycles. The van der Waals surface area contributed by atoms with Crippen LogP contribution in [-0.2, 0) is 19.6 Å². The summed E-state index contributed by atoms with van der Waals surface area (Å²) in [7, 11) is 0. The number of anilines is 1. The molecule has 1 unspecified atom stereocenters. The van der Waals surface area contributed by atoms with Gasteiger partial charge in [-0.15, -0.1) is 12.5 Å². The van der Waals surface area contributed by atoms with E-state index in [4.69, 9.17) is 10.7 Å². The molecule has 4 aromatic rings. The molecular formula is C27H29N7O2. The van der Waals surface area contributed by atoms with Crippen molar-refractivity contribution in [1.29, 1.82) is 0 Å². The van der Waals surface area contributed by atoms with Crippen LogP contribution in [0.25, 0.3) is 21.9 Å². The molecule has 0 spiro atoms. The third-order valence-electron chi connectivity index (χ3n) is 6.54. The maximum atomic E-state index is 14.0. The second kappa shape index (κ2) is 9.84. The highest BCUT2D eigenvalue weighted by Crippen LogP contribution is 2.22. The van der Waals surface area contributed by atoms with Gasteiger partial charge in [0, 0.05) is 24.5 Å². The minimum atomic E-state index is -0.351. The number of hydrogen-bond acceptors (Lipinski definition) is 6. The van der Waals surface area contributed by atoms with Crippen molar-refractivity contribution in [2.75, 3.05) is 18.0 Å². The van der Waals surface area contributed by atoms with E-state index in [1.165, 1.54) is 9.36 Å². The van der Waals surface area contributed by atoms with Crippen molar-refractivity contribution in [3.05, 3.63) is 75.5 Å². The Labute approximate surface area is 208 Å². The third-order valence-corrected chi connectivity index (χ3v) is 6.54. The van der Waals surface area contributed by atoms with Crippen LogP contribution in [0, 0.1) is 11.8 Å². The molecule has 3 aromatic heterocycles. The topological polar surface area (TPSA) is 104 Å². The molecule has 1 saturated heterocycles. The lowest BCUT2D eigenvalue weighted by molar-refractivity contribution is 0.472. The van der Waals surface area contributed by atoms with Crippen LogP contribution in [-0.4, -0.2) is 43.0 Å². The van der Waals surface area contributed by atoms with Gasteiger partial charge in [-0.2, -0.15) is 0 Å². The zero-order valence-corrected chi connectivity index (χ0v) is 20.4. The highest BCUT2D eigenvalue weighted by atomic mass is 16.2. The van der Waals surface area contributed by atoms with Crippen molar-refractivity contribution >= 4 is 27.9 Å². The molecule has 36 heavy (non-hydrogen) atoms. The van der Waals surface area contributed by atoms with E-state index in [0.717, 1.165) is 30.3 Å². The Kier molecular flexibility index (Phi) is 6.44. The fourth-order valence-electron chi connectivity index (χ4n) is 4.82.